The molecule has 12 rings (SSSR count). The maximum absolute atomic E-state index is 11.2. The summed E-state index contributed by atoms with van der Waals surface area (Å²) in [6.07, 6.45) is 9.03. The summed E-state index contributed by atoms with van der Waals surface area (Å²) in [7, 11) is 0. The van der Waals surface area contributed by atoms with E-state index < -0.39 is 11.2 Å². The van der Waals surface area contributed by atoms with Gasteiger partial charge in [0.25, 0.3) is 0 Å². The molecule has 8 fully saturated rings. The van der Waals surface area contributed by atoms with E-state index in [4.69, 9.17) is 20.9 Å². The third kappa shape index (κ3) is 5.21. The van der Waals surface area contributed by atoms with Crippen molar-refractivity contribution in [3.8, 4) is 34.1 Å². The van der Waals surface area contributed by atoms with Crippen molar-refractivity contribution >= 4 is 0 Å². The highest BCUT2D eigenvalue weighted by atomic mass is 16.5. The van der Waals surface area contributed by atoms with Crippen LogP contribution in [0.3, 0.4) is 0 Å². The first-order valence-corrected chi connectivity index (χ1v) is 18.8. The fourth-order valence-corrected chi connectivity index (χ4v) is 12.8. The van der Waals surface area contributed by atoms with Crippen molar-refractivity contribution < 1.29 is 19.7 Å². The molecular formula is C44H48N2O4. The summed E-state index contributed by atoms with van der Waals surface area (Å²) in [6, 6.07) is 33.5. The number of rotatable bonds is 7. The molecule has 4 aromatic carbocycles. The Morgan fingerprint density at radius 2 is 0.800 bits per heavy atom. The molecule has 6 nitrogen and oxygen atoms in total. The van der Waals surface area contributed by atoms with Gasteiger partial charge in [-0.15, -0.1) is 0 Å². The monoisotopic (exact) mass is 668 g/mol. The Balaban J connectivity index is 0.865. The second-order valence-corrected chi connectivity index (χ2v) is 17.6. The van der Waals surface area contributed by atoms with Gasteiger partial charge < -0.3 is 31.2 Å². The molecule has 8 saturated carbocycles. The summed E-state index contributed by atoms with van der Waals surface area (Å²) in [6.45, 7) is 0. The Morgan fingerprint density at radius 3 is 1.14 bits per heavy atom. The van der Waals surface area contributed by atoms with Crippen LogP contribution in [0.2, 0.25) is 0 Å². The lowest BCUT2D eigenvalue weighted by atomic mass is 9.46. The number of benzene rings is 4. The van der Waals surface area contributed by atoms with Crippen LogP contribution in [0.5, 0.6) is 23.0 Å². The van der Waals surface area contributed by atoms with Crippen molar-refractivity contribution in [2.24, 2.45) is 35.1 Å². The highest BCUT2D eigenvalue weighted by molar-refractivity contribution is 5.76. The molecule has 6 N–H and O–H groups in total. The maximum Gasteiger partial charge on any atom is 0.135 e. The van der Waals surface area contributed by atoms with Crippen LogP contribution in [0.1, 0.15) is 87.2 Å². The first-order valence-electron chi connectivity index (χ1n) is 18.8. The van der Waals surface area contributed by atoms with Crippen molar-refractivity contribution in [2.45, 2.75) is 98.3 Å². The standard InChI is InChI=1S/C44H48N2O4/c45-41-17-29-21-43(47,25-41)22-30(18-41)39(29)27-9-13-33(14-10-27)49-37-7-3-1-5-35(37)36-6-2-4-8-38(36)50-34-15-11-28(12-16-34)40-31-19-42(46)20-32(40)24-44(48,23-31)26-42/h1-16,29-32,39-40,47-48H,17-26,45-46H2. The second kappa shape index (κ2) is 10.9. The summed E-state index contributed by atoms with van der Waals surface area (Å²) in [5.41, 5.74) is 16.5. The molecule has 8 bridgehead atoms. The van der Waals surface area contributed by atoms with E-state index in [1.165, 1.54) is 11.1 Å². The Kier molecular flexibility index (Phi) is 6.78. The molecule has 0 aliphatic heterocycles. The third-order valence-electron chi connectivity index (χ3n) is 13.7. The van der Waals surface area contributed by atoms with Gasteiger partial charge in [0, 0.05) is 22.2 Å². The Hall–Kier alpha value is -3.68. The Morgan fingerprint density at radius 1 is 0.460 bits per heavy atom. The lowest BCUT2D eigenvalue weighted by Gasteiger charge is -2.62. The highest BCUT2D eigenvalue weighted by Crippen LogP contribution is 2.63. The van der Waals surface area contributed by atoms with Gasteiger partial charge in [-0.2, -0.15) is 0 Å². The van der Waals surface area contributed by atoms with Gasteiger partial charge in [0.15, 0.2) is 0 Å². The fourth-order valence-electron chi connectivity index (χ4n) is 12.8. The van der Waals surface area contributed by atoms with Crippen LogP contribution in [-0.2, 0) is 0 Å². The lowest BCUT2D eigenvalue weighted by Crippen LogP contribution is -2.64. The SMILES string of the molecule is NC12CC3CC(O)(CC(C1)C3c1ccc(Oc3ccccc3-c3ccccc3Oc3ccc(C4C5CC6(N)CC4CC(O)(C5)C6)cc3)cc1)C2. The van der Waals surface area contributed by atoms with E-state index in [2.05, 4.69) is 60.7 Å². The molecule has 50 heavy (non-hydrogen) atoms. The average Bonchev–Trinajstić information content (AvgIpc) is 3.04. The number of nitrogens with two attached hydrogens (primary N) is 2. The molecule has 0 radical (unpaired) electrons. The molecule has 4 atom stereocenters. The second-order valence-electron chi connectivity index (χ2n) is 17.6. The summed E-state index contributed by atoms with van der Waals surface area (Å²) in [5.74, 6) is 5.80. The van der Waals surface area contributed by atoms with Crippen molar-refractivity contribution in [3.05, 3.63) is 108 Å². The van der Waals surface area contributed by atoms with Crippen molar-refractivity contribution in [1.82, 2.24) is 0 Å². The van der Waals surface area contributed by atoms with Gasteiger partial charge in [-0.25, -0.2) is 0 Å². The van der Waals surface area contributed by atoms with Crippen LogP contribution in [0.15, 0.2) is 97.1 Å². The minimum Gasteiger partial charge on any atom is -0.457 e. The molecule has 0 heterocycles. The average molecular weight is 669 g/mol. The van der Waals surface area contributed by atoms with Gasteiger partial charge in [-0.05, 0) is 147 Å². The molecular weight excluding hydrogens is 620 g/mol. The quantitative estimate of drug-likeness (QED) is 0.157. The molecule has 4 unspecified atom stereocenters. The molecule has 8 aliphatic rings. The van der Waals surface area contributed by atoms with Crippen LogP contribution in [0.4, 0.5) is 0 Å². The van der Waals surface area contributed by atoms with E-state index >= 15 is 0 Å². The molecule has 0 amide bonds. The predicted molar refractivity (Wildman–Crippen MR) is 194 cm³/mol. The summed E-state index contributed by atoms with van der Waals surface area (Å²) < 4.78 is 13.1. The van der Waals surface area contributed by atoms with Gasteiger partial charge >= 0.3 is 0 Å². The number of hydrogen-bond donors (Lipinski definition) is 4. The molecule has 6 heteroatoms. The maximum atomic E-state index is 11.2. The smallest absolute Gasteiger partial charge is 0.135 e. The van der Waals surface area contributed by atoms with Crippen LogP contribution in [0, 0.1) is 23.7 Å². The largest absolute Gasteiger partial charge is 0.457 e. The van der Waals surface area contributed by atoms with E-state index in [1.807, 2.05) is 36.4 Å². The number of hydrogen-bond acceptors (Lipinski definition) is 6. The molecule has 4 aromatic rings. The third-order valence-corrected chi connectivity index (χ3v) is 13.7. The zero-order valence-electron chi connectivity index (χ0n) is 28.6. The van der Waals surface area contributed by atoms with Gasteiger partial charge in [0.2, 0.25) is 0 Å². The van der Waals surface area contributed by atoms with E-state index in [1.54, 1.807) is 0 Å². The number of para-hydroxylation sites is 2. The van der Waals surface area contributed by atoms with E-state index in [0.717, 1.165) is 98.3 Å². The van der Waals surface area contributed by atoms with Crippen LogP contribution in [-0.4, -0.2) is 32.5 Å². The van der Waals surface area contributed by atoms with Crippen LogP contribution >= 0.6 is 0 Å². The molecule has 0 saturated heterocycles. The molecule has 0 spiro atoms. The number of aliphatic hydroxyl groups is 2. The minimum atomic E-state index is -0.568. The fraction of sp³-hybridized carbons (Fsp3) is 0.455. The zero-order valence-corrected chi connectivity index (χ0v) is 28.6. The van der Waals surface area contributed by atoms with E-state index in [0.29, 0.717) is 35.5 Å². The zero-order chi connectivity index (χ0) is 33.9. The molecule has 258 valence electrons. The van der Waals surface area contributed by atoms with Crippen LogP contribution < -0.4 is 20.9 Å². The minimum absolute atomic E-state index is 0.193. The van der Waals surface area contributed by atoms with Crippen molar-refractivity contribution in [3.63, 3.8) is 0 Å². The topological polar surface area (TPSA) is 111 Å². The van der Waals surface area contributed by atoms with E-state index in [9.17, 15) is 10.2 Å². The van der Waals surface area contributed by atoms with Crippen molar-refractivity contribution in [2.75, 3.05) is 0 Å². The Labute approximate surface area is 294 Å². The van der Waals surface area contributed by atoms with Gasteiger partial charge in [-0.1, -0.05) is 60.7 Å². The first-order chi connectivity index (χ1) is 24.0. The van der Waals surface area contributed by atoms with E-state index in [-0.39, 0.29) is 11.1 Å². The summed E-state index contributed by atoms with van der Waals surface area (Å²) in [5, 5.41) is 22.3. The highest BCUT2D eigenvalue weighted by Gasteiger charge is 2.61. The molecule has 0 aromatic heterocycles. The number of ether oxygens (including phenoxy) is 2. The van der Waals surface area contributed by atoms with Crippen molar-refractivity contribution in [1.29, 1.82) is 0 Å². The van der Waals surface area contributed by atoms with Gasteiger partial charge in [0.1, 0.15) is 23.0 Å². The molecule has 8 aliphatic carbocycles. The first kappa shape index (κ1) is 31.1. The van der Waals surface area contributed by atoms with Gasteiger partial charge in [-0.3, -0.25) is 0 Å². The normalized spacial score (nSPS) is 39.1. The summed E-state index contributed by atoms with van der Waals surface area (Å²) >= 11 is 0. The van der Waals surface area contributed by atoms with Crippen LogP contribution in [0.25, 0.3) is 11.1 Å². The Bertz CT molecular complexity index is 1730. The lowest BCUT2D eigenvalue weighted by molar-refractivity contribution is -0.143. The van der Waals surface area contributed by atoms with Gasteiger partial charge in [0.05, 0.1) is 11.2 Å². The predicted octanol–water partition coefficient (Wildman–Crippen LogP) is 8.41. The summed E-state index contributed by atoms with van der Waals surface area (Å²) in [4.78, 5) is 0.